The Morgan fingerprint density at radius 3 is 0.955 bits per heavy atom. The molecule has 0 bridgehead atoms. The van der Waals surface area contributed by atoms with Crippen molar-refractivity contribution in [2.24, 2.45) is 0 Å². The summed E-state index contributed by atoms with van der Waals surface area (Å²) in [7, 11) is 1.14. The van der Waals surface area contributed by atoms with E-state index >= 15 is 0 Å². The highest BCUT2D eigenvalue weighted by Crippen LogP contribution is 2.38. The molecule has 0 amide bonds. The van der Waals surface area contributed by atoms with E-state index in [1.807, 2.05) is 21.1 Å². The van der Waals surface area contributed by atoms with E-state index in [4.69, 9.17) is 18.5 Å². The van der Waals surface area contributed by atoms with Crippen LogP contribution in [0.25, 0.3) is 0 Å². The first-order valence-corrected chi connectivity index (χ1v) is 38.6. The van der Waals surface area contributed by atoms with Crippen LogP contribution in [0.15, 0.2) is 109 Å². The second kappa shape index (κ2) is 69.0. The fourth-order valence-corrected chi connectivity index (χ4v) is 11.1. The minimum atomic E-state index is -4.66. The van der Waals surface area contributed by atoms with Crippen LogP contribution in [0.2, 0.25) is 0 Å². The highest BCUT2D eigenvalue weighted by Gasteiger charge is 2.22. The van der Waals surface area contributed by atoms with Crippen LogP contribution in [0.1, 0.15) is 328 Å². The zero-order chi connectivity index (χ0) is 64.8. The molecule has 0 rings (SSSR count). The summed E-state index contributed by atoms with van der Waals surface area (Å²) in [4.78, 5) is 38.1. The normalized spacial score (nSPS) is 13.7. The largest absolute Gasteiger partial charge is 0.756 e. The molecule has 0 aliphatic heterocycles. The zero-order valence-corrected chi connectivity index (χ0v) is 59.5. The SMILES string of the molecule is CC/C=C\C/C=C\C/C=C\C/C=C\C/C=C\C/C=C\C/C=C\C/C=C\C/C=C\CCCCCC(=O)OC(COC(=O)CCCCCCCCCCCCCCCCCCCCCCCCCCCCCCCCCCCC)COP(=O)([O-])OCC[N+](C)(C)C. The number of rotatable bonds is 68. The second-order valence-electron chi connectivity index (χ2n) is 25.9. The van der Waals surface area contributed by atoms with Gasteiger partial charge in [0.05, 0.1) is 27.7 Å². The number of likely N-dealkylation sites (N-methyl/N-ethyl adjacent to an activating group) is 1. The Morgan fingerprint density at radius 2 is 0.640 bits per heavy atom. The number of phosphoric acid groups is 1. The summed E-state index contributed by atoms with van der Waals surface area (Å²) in [6, 6.07) is 0. The number of carbonyl (C=O) groups excluding carboxylic acids is 2. The second-order valence-corrected chi connectivity index (χ2v) is 27.3. The average molecular weight is 1260 g/mol. The number of allylic oxidation sites excluding steroid dienone is 18. The van der Waals surface area contributed by atoms with Gasteiger partial charge in [0.1, 0.15) is 19.8 Å². The summed E-state index contributed by atoms with van der Waals surface area (Å²) in [6.07, 6.45) is 97.7. The Balaban J connectivity index is 4.07. The zero-order valence-electron chi connectivity index (χ0n) is 58.6. The molecule has 0 saturated heterocycles. The number of esters is 2. The molecule has 0 radical (unpaired) electrons. The van der Waals surface area contributed by atoms with Crippen LogP contribution in [0.3, 0.4) is 0 Å². The van der Waals surface area contributed by atoms with Crippen LogP contribution >= 0.6 is 7.82 Å². The van der Waals surface area contributed by atoms with Gasteiger partial charge in [0, 0.05) is 12.8 Å². The van der Waals surface area contributed by atoms with Gasteiger partial charge in [0.15, 0.2) is 6.10 Å². The van der Waals surface area contributed by atoms with Gasteiger partial charge < -0.3 is 27.9 Å². The predicted octanol–water partition coefficient (Wildman–Crippen LogP) is 23.8. The molecule has 2 atom stereocenters. The predicted molar refractivity (Wildman–Crippen MR) is 383 cm³/mol. The number of carbonyl (C=O) groups is 2. The first kappa shape index (κ1) is 85.7. The van der Waals surface area contributed by atoms with E-state index in [2.05, 4.69) is 123 Å². The summed E-state index contributed by atoms with van der Waals surface area (Å²) >= 11 is 0. The van der Waals surface area contributed by atoms with Crippen LogP contribution in [0.5, 0.6) is 0 Å². The van der Waals surface area contributed by atoms with E-state index in [9.17, 15) is 19.0 Å². The van der Waals surface area contributed by atoms with Crippen LogP contribution in [-0.2, 0) is 32.7 Å². The Hall–Kier alpha value is -3.33. The molecule has 0 aromatic carbocycles. The van der Waals surface area contributed by atoms with Gasteiger partial charge >= 0.3 is 11.9 Å². The molecule has 89 heavy (non-hydrogen) atoms. The van der Waals surface area contributed by atoms with Gasteiger partial charge in [-0.2, -0.15) is 0 Å². The fraction of sp³-hybridized carbons (Fsp3) is 0.747. The summed E-state index contributed by atoms with van der Waals surface area (Å²) in [5.41, 5.74) is 0. The van der Waals surface area contributed by atoms with Crippen molar-refractivity contribution in [1.82, 2.24) is 0 Å². The van der Waals surface area contributed by atoms with Crippen LogP contribution in [0.4, 0.5) is 0 Å². The summed E-state index contributed by atoms with van der Waals surface area (Å²) in [6.45, 7) is 4.12. The first-order valence-electron chi connectivity index (χ1n) is 37.1. The van der Waals surface area contributed by atoms with Crippen LogP contribution < -0.4 is 4.89 Å². The molecule has 0 aromatic heterocycles. The smallest absolute Gasteiger partial charge is 0.306 e. The van der Waals surface area contributed by atoms with E-state index < -0.39 is 26.5 Å². The Bertz CT molecular complexity index is 1870. The van der Waals surface area contributed by atoms with Crippen molar-refractivity contribution in [3.05, 3.63) is 109 Å². The van der Waals surface area contributed by atoms with Gasteiger partial charge in [0.2, 0.25) is 0 Å². The summed E-state index contributed by atoms with van der Waals surface area (Å²) in [5.74, 6) is -0.866. The molecule has 0 saturated carbocycles. The van der Waals surface area contributed by atoms with Crippen molar-refractivity contribution < 1.29 is 42.1 Å². The minimum absolute atomic E-state index is 0.0419. The lowest BCUT2D eigenvalue weighted by Crippen LogP contribution is -2.37. The van der Waals surface area contributed by atoms with Crippen LogP contribution in [0, 0.1) is 0 Å². The molecule has 0 spiro atoms. The van der Waals surface area contributed by atoms with Crippen molar-refractivity contribution in [2.45, 2.75) is 335 Å². The average Bonchev–Trinajstić information content (AvgIpc) is 3.60. The monoisotopic (exact) mass is 1260 g/mol. The number of hydrogen-bond donors (Lipinski definition) is 0. The molecule has 514 valence electrons. The number of unbranched alkanes of at least 4 members (excludes halogenated alkanes) is 36. The number of hydrogen-bond acceptors (Lipinski definition) is 8. The van der Waals surface area contributed by atoms with Crippen molar-refractivity contribution in [3.8, 4) is 0 Å². The molecular formula is C79H140NO8P. The van der Waals surface area contributed by atoms with Gasteiger partial charge in [-0.15, -0.1) is 0 Å². The van der Waals surface area contributed by atoms with Crippen molar-refractivity contribution >= 4 is 19.8 Å². The molecule has 0 aliphatic rings. The first-order chi connectivity index (χ1) is 43.5. The van der Waals surface area contributed by atoms with Gasteiger partial charge in [-0.1, -0.05) is 342 Å². The highest BCUT2D eigenvalue weighted by molar-refractivity contribution is 7.45. The molecule has 0 fully saturated rings. The summed E-state index contributed by atoms with van der Waals surface area (Å²) < 4.78 is 34.3. The molecule has 0 heterocycles. The van der Waals surface area contributed by atoms with Gasteiger partial charge in [0.25, 0.3) is 7.82 Å². The van der Waals surface area contributed by atoms with Crippen molar-refractivity contribution in [3.63, 3.8) is 0 Å². The Labute approximate surface area is 550 Å². The highest BCUT2D eigenvalue weighted by atomic mass is 31.2. The van der Waals surface area contributed by atoms with Gasteiger partial charge in [-0.05, 0) is 83.5 Å². The molecule has 0 N–H and O–H groups in total. The van der Waals surface area contributed by atoms with Crippen molar-refractivity contribution in [2.75, 3.05) is 47.5 Å². The molecular weight excluding hydrogens is 1120 g/mol. The lowest BCUT2D eigenvalue weighted by atomic mass is 10.0. The molecule has 0 aliphatic carbocycles. The van der Waals surface area contributed by atoms with Gasteiger partial charge in [-0.3, -0.25) is 14.2 Å². The molecule has 10 heteroatoms. The Kier molecular flexibility index (Phi) is 66.4. The van der Waals surface area contributed by atoms with E-state index in [1.54, 1.807) is 0 Å². The fourth-order valence-electron chi connectivity index (χ4n) is 10.4. The van der Waals surface area contributed by atoms with Crippen LogP contribution in [-0.4, -0.2) is 70.0 Å². The third-order valence-corrected chi connectivity index (χ3v) is 17.0. The summed E-state index contributed by atoms with van der Waals surface area (Å²) in [5, 5.41) is 0. The van der Waals surface area contributed by atoms with Crippen molar-refractivity contribution in [1.29, 1.82) is 0 Å². The number of ether oxygens (including phenoxy) is 2. The van der Waals surface area contributed by atoms with E-state index in [-0.39, 0.29) is 32.0 Å². The van der Waals surface area contributed by atoms with E-state index in [1.165, 1.54) is 199 Å². The Morgan fingerprint density at radius 1 is 0.360 bits per heavy atom. The number of phosphoric ester groups is 1. The topological polar surface area (TPSA) is 111 Å². The molecule has 9 nitrogen and oxygen atoms in total. The lowest BCUT2D eigenvalue weighted by molar-refractivity contribution is -0.870. The van der Waals surface area contributed by atoms with Gasteiger partial charge in [-0.25, -0.2) is 0 Å². The quantitative estimate of drug-likeness (QED) is 0.0195. The number of nitrogens with zero attached hydrogens (tertiary/aromatic N) is 1. The third kappa shape index (κ3) is 73.6. The molecule has 2 unspecified atom stereocenters. The van der Waals surface area contributed by atoms with E-state index in [0.29, 0.717) is 17.4 Å². The standard InChI is InChI=1S/C79H140NO8P/c1-6-8-10-12-14-16-18-20-22-24-26-28-30-32-34-36-38-39-40-42-43-45-47-49-51-53-55-57-59-61-63-65-67-69-71-78(81)85-75-77(76-87-89(83,84)86-74-73-80(3,4)5)88-79(82)72-70-68-66-64-62-60-58-56-54-52-50-48-46-44-41-37-35-33-31-29-27-25-23-21-19-17-15-13-11-9-7-2/h9,11,15,17,21,23,27,29,33,35,41,44,48,50,54,56,60,62,77H,6-8,10,12-14,16,18-20,22,24-26,28,30-32,34,36-40,42-43,45-47,49,51-53,55,57-59,61,63-76H2,1-5H3/b11-9-,17-15-,23-21-,29-27-,35-33-,44-41-,50-48-,56-54-,62-60-. The molecule has 0 aromatic rings. The maximum absolute atomic E-state index is 12.9. The maximum Gasteiger partial charge on any atom is 0.306 e. The number of quaternary nitrogens is 1. The lowest BCUT2D eigenvalue weighted by Gasteiger charge is -2.28. The maximum atomic E-state index is 12.9. The minimum Gasteiger partial charge on any atom is -0.756 e. The third-order valence-electron chi connectivity index (χ3n) is 16.1. The van der Waals surface area contributed by atoms with E-state index in [0.717, 1.165) is 96.3 Å².